The van der Waals surface area contributed by atoms with Gasteiger partial charge >= 0.3 is 5.97 Å². The van der Waals surface area contributed by atoms with E-state index in [1.54, 1.807) is 6.92 Å². The summed E-state index contributed by atoms with van der Waals surface area (Å²) in [5.74, 6) is -0.182. The number of carboxylic acids is 1. The Morgan fingerprint density at radius 2 is 1.87 bits per heavy atom. The Morgan fingerprint density at radius 3 is 2.33 bits per heavy atom. The maximum absolute atomic E-state index is 11.0. The van der Waals surface area contributed by atoms with Crippen molar-refractivity contribution in [2.45, 2.75) is 58.8 Å². The Balaban J connectivity index is 2.80. The molecule has 0 heterocycles. The molecule has 0 atom stereocenters. The number of carbonyl (C=O) groups is 1. The maximum Gasteiger partial charge on any atom is 0.331 e. The molecule has 0 amide bonds. The standard InChI is InChI=1S/C13H22O2/c1-3-7-12(10(2)13(14)15)11-8-5-4-6-9-11/h11H,3-9H2,1-2H3,(H,14,15)/b12-10+. The zero-order valence-corrected chi connectivity index (χ0v) is 9.88. The van der Waals surface area contributed by atoms with Crippen LogP contribution >= 0.6 is 0 Å². The van der Waals surface area contributed by atoms with Crippen LogP contribution in [0.25, 0.3) is 0 Å². The molecule has 1 N–H and O–H groups in total. The molecule has 0 unspecified atom stereocenters. The molecule has 0 radical (unpaired) electrons. The van der Waals surface area contributed by atoms with Crippen molar-refractivity contribution in [3.05, 3.63) is 11.1 Å². The summed E-state index contributed by atoms with van der Waals surface area (Å²) in [7, 11) is 0. The van der Waals surface area contributed by atoms with Crippen molar-refractivity contribution in [3.63, 3.8) is 0 Å². The number of allylic oxidation sites excluding steroid dienone is 1. The van der Waals surface area contributed by atoms with Crippen LogP contribution < -0.4 is 0 Å². The van der Waals surface area contributed by atoms with E-state index in [1.807, 2.05) is 0 Å². The molecule has 0 aromatic carbocycles. The van der Waals surface area contributed by atoms with Crippen LogP contribution in [-0.4, -0.2) is 11.1 Å². The van der Waals surface area contributed by atoms with Gasteiger partial charge in [-0.15, -0.1) is 0 Å². The van der Waals surface area contributed by atoms with E-state index in [0.29, 0.717) is 11.5 Å². The zero-order valence-electron chi connectivity index (χ0n) is 9.88. The number of aliphatic carboxylic acids is 1. The Kier molecular flexibility index (Phi) is 4.86. The van der Waals surface area contributed by atoms with Crippen molar-refractivity contribution in [2.75, 3.05) is 0 Å². The van der Waals surface area contributed by atoms with Gasteiger partial charge in [0, 0.05) is 5.57 Å². The van der Waals surface area contributed by atoms with Gasteiger partial charge in [-0.2, -0.15) is 0 Å². The maximum atomic E-state index is 11.0. The minimum atomic E-state index is -0.732. The molecule has 0 bridgehead atoms. The van der Waals surface area contributed by atoms with Crippen molar-refractivity contribution in [1.82, 2.24) is 0 Å². The third kappa shape index (κ3) is 3.37. The summed E-state index contributed by atoms with van der Waals surface area (Å²) >= 11 is 0. The van der Waals surface area contributed by atoms with Gasteiger partial charge in [-0.3, -0.25) is 0 Å². The Bertz CT molecular complexity index is 247. The lowest BCUT2D eigenvalue weighted by molar-refractivity contribution is -0.132. The molecule has 1 aliphatic carbocycles. The first kappa shape index (κ1) is 12.3. The molecular weight excluding hydrogens is 188 g/mol. The molecule has 1 aliphatic rings. The van der Waals surface area contributed by atoms with E-state index in [2.05, 4.69) is 6.92 Å². The second kappa shape index (κ2) is 5.94. The van der Waals surface area contributed by atoms with E-state index in [9.17, 15) is 4.79 Å². The van der Waals surface area contributed by atoms with E-state index in [4.69, 9.17) is 5.11 Å². The first-order valence-electron chi connectivity index (χ1n) is 6.09. The fraction of sp³-hybridized carbons (Fsp3) is 0.769. The fourth-order valence-electron chi connectivity index (χ4n) is 2.56. The van der Waals surface area contributed by atoms with Gasteiger partial charge in [0.05, 0.1) is 0 Å². The van der Waals surface area contributed by atoms with Crippen LogP contribution in [0.2, 0.25) is 0 Å². The highest BCUT2D eigenvalue weighted by Gasteiger charge is 2.21. The van der Waals surface area contributed by atoms with Crippen LogP contribution in [0.15, 0.2) is 11.1 Å². The Hall–Kier alpha value is -0.790. The van der Waals surface area contributed by atoms with Gasteiger partial charge in [-0.05, 0) is 32.1 Å². The summed E-state index contributed by atoms with van der Waals surface area (Å²) in [6, 6.07) is 0. The quantitative estimate of drug-likeness (QED) is 0.717. The molecule has 1 rings (SSSR count). The third-order valence-electron chi connectivity index (χ3n) is 3.42. The second-order valence-corrected chi connectivity index (χ2v) is 4.54. The summed E-state index contributed by atoms with van der Waals surface area (Å²) < 4.78 is 0. The van der Waals surface area contributed by atoms with Gasteiger partial charge < -0.3 is 5.11 Å². The average molecular weight is 210 g/mol. The summed E-state index contributed by atoms with van der Waals surface area (Å²) in [5, 5.41) is 9.05. The number of hydrogen-bond donors (Lipinski definition) is 1. The molecular formula is C13H22O2. The van der Waals surface area contributed by atoms with Crippen LogP contribution in [-0.2, 0) is 4.79 Å². The van der Waals surface area contributed by atoms with Crippen LogP contribution in [0.4, 0.5) is 0 Å². The van der Waals surface area contributed by atoms with E-state index >= 15 is 0 Å². The Labute approximate surface area is 92.4 Å². The fourth-order valence-corrected chi connectivity index (χ4v) is 2.56. The first-order valence-corrected chi connectivity index (χ1v) is 6.09. The highest BCUT2D eigenvalue weighted by atomic mass is 16.4. The average Bonchev–Trinajstić information content (AvgIpc) is 2.26. The predicted molar refractivity (Wildman–Crippen MR) is 61.8 cm³/mol. The second-order valence-electron chi connectivity index (χ2n) is 4.54. The summed E-state index contributed by atoms with van der Waals surface area (Å²) in [4.78, 5) is 11.0. The topological polar surface area (TPSA) is 37.3 Å². The molecule has 2 heteroatoms. The minimum absolute atomic E-state index is 0.551. The Morgan fingerprint density at radius 1 is 1.27 bits per heavy atom. The van der Waals surface area contributed by atoms with Crippen molar-refractivity contribution in [3.8, 4) is 0 Å². The summed E-state index contributed by atoms with van der Waals surface area (Å²) in [5.41, 5.74) is 1.81. The number of rotatable bonds is 4. The van der Waals surface area contributed by atoms with E-state index in [1.165, 1.54) is 37.7 Å². The largest absolute Gasteiger partial charge is 0.478 e. The van der Waals surface area contributed by atoms with E-state index < -0.39 is 5.97 Å². The van der Waals surface area contributed by atoms with Gasteiger partial charge in [0.15, 0.2) is 0 Å². The van der Waals surface area contributed by atoms with Crippen molar-refractivity contribution >= 4 is 5.97 Å². The first-order chi connectivity index (χ1) is 7.16. The van der Waals surface area contributed by atoms with Crippen LogP contribution in [0.1, 0.15) is 58.8 Å². The monoisotopic (exact) mass is 210 g/mol. The van der Waals surface area contributed by atoms with Gasteiger partial charge in [0.2, 0.25) is 0 Å². The lowest BCUT2D eigenvalue weighted by Crippen LogP contribution is -2.13. The summed E-state index contributed by atoms with van der Waals surface area (Å²) in [6.07, 6.45) is 8.26. The molecule has 0 aromatic heterocycles. The molecule has 15 heavy (non-hydrogen) atoms. The van der Waals surface area contributed by atoms with Crippen molar-refractivity contribution in [1.29, 1.82) is 0 Å². The third-order valence-corrected chi connectivity index (χ3v) is 3.42. The van der Waals surface area contributed by atoms with Gasteiger partial charge in [-0.1, -0.05) is 38.2 Å². The number of carboxylic acid groups (broad SMARTS) is 1. The minimum Gasteiger partial charge on any atom is -0.478 e. The van der Waals surface area contributed by atoms with E-state index in [-0.39, 0.29) is 0 Å². The zero-order chi connectivity index (χ0) is 11.3. The molecule has 1 saturated carbocycles. The highest BCUT2D eigenvalue weighted by molar-refractivity contribution is 5.86. The number of hydrogen-bond acceptors (Lipinski definition) is 1. The van der Waals surface area contributed by atoms with Gasteiger partial charge in [0.1, 0.15) is 0 Å². The molecule has 1 fully saturated rings. The van der Waals surface area contributed by atoms with Crippen LogP contribution in [0, 0.1) is 5.92 Å². The smallest absolute Gasteiger partial charge is 0.331 e. The molecule has 0 saturated heterocycles. The van der Waals surface area contributed by atoms with Crippen LogP contribution in [0.5, 0.6) is 0 Å². The van der Waals surface area contributed by atoms with Gasteiger partial charge in [0.25, 0.3) is 0 Å². The lowest BCUT2D eigenvalue weighted by Gasteiger charge is -2.25. The van der Waals surface area contributed by atoms with Gasteiger partial charge in [-0.25, -0.2) is 4.79 Å². The predicted octanol–water partition coefficient (Wildman–Crippen LogP) is 3.77. The molecule has 86 valence electrons. The molecule has 2 nitrogen and oxygen atoms in total. The molecule has 0 aromatic rings. The molecule has 0 aliphatic heterocycles. The van der Waals surface area contributed by atoms with Crippen molar-refractivity contribution in [2.24, 2.45) is 5.92 Å². The normalized spacial score (nSPS) is 19.9. The SMILES string of the molecule is CCC/C(=C(/C)C(=O)O)C1CCCCC1. The van der Waals surface area contributed by atoms with Crippen molar-refractivity contribution < 1.29 is 9.90 Å². The summed E-state index contributed by atoms with van der Waals surface area (Å²) in [6.45, 7) is 3.89. The van der Waals surface area contributed by atoms with Crippen LogP contribution in [0.3, 0.4) is 0 Å². The molecule has 0 spiro atoms. The highest BCUT2D eigenvalue weighted by Crippen LogP contribution is 2.33. The van der Waals surface area contributed by atoms with E-state index in [0.717, 1.165) is 12.8 Å². The lowest BCUT2D eigenvalue weighted by atomic mass is 9.80.